The number of nitrogens with zero attached hydrogens (tertiary/aromatic N) is 2. The Kier molecular flexibility index (Phi) is 3.43. The number of pyridine rings is 2. The van der Waals surface area contributed by atoms with Gasteiger partial charge in [0.25, 0.3) is 0 Å². The van der Waals surface area contributed by atoms with Crippen LogP contribution in [0, 0.1) is 0 Å². The summed E-state index contributed by atoms with van der Waals surface area (Å²) in [6.07, 6.45) is 3.11. The number of aromatic nitrogens is 2. The van der Waals surface area contributed by atoms with Gasteiger partial charge in [-0.3, -0.25) is 9.78 Å². The number of carbonyl (C=O) groups excluding carboxylic acids is 1. The summed E-state index contributed by atoms with van der Waals surface area (Å²) in [5.41, 5.74) is 7.57. The lowest BCUT2D eigenvalue weighted by molar-refractivity contribution is -0.114. The van der Waals surface area contributed by atoms with Crippen molar-refractivity contribution in [1.29, 1.82) is 0 Å². The molecular weight excluding hydrogens is 252 g/mol. The number of nitrogens with one attached hydrogen (secondary N) is 1. The van der Waals surface area contributed by atoms with E-state index in [4.69, 9.17) is 17.3 Å². The van der Waals surface area contributed by atoms with Gasteiger partial charge < -0.3 is 11.1 Å². The van der Waals surface area contributed by atoms with E-state index in [1.165, 1.54) is 13.1 Å². The summed E-state index contributed by atoms with van der Waals surface area (Å²) in [6.45, 7) is 1.41. The Morgan fingerprint density at radius 2 is 2.17 bits per heavy atom. The summed E-state index contributed by atoms with van der Waals surface area (Å²) in [6, 6.07) is 5.16. The van der Waals surface area contributed by atoms with Crippen LogP contribution in [0.3, 0.4) is 0 Å². The van der Waals surface area contributed by atoms with Gasteiger partial charge in [-0.05, 0) is 18.2 Å². The standard InChI is InChI=1S/C12H11ClN4O/c1-7(18)17-11-6-16-10(5-9(11)13)8-2-3-15-12(14)4-8/h2-6H,1H3,(H2,14,15)(H,17,18). The lowest BCUT2D eigenvalue weighted by Crippen LogP contribution is -2.06. The maximum Gasteiger partial charge on any atom is 0.221 e. The maximum absolute atomic E-state index is 10.9. The molecule has 0 fully saturated rings. The van der Waals surface area contributed by atoms with Crippen LogP contribution < -0.4 is 11.1 Å². The topological polar surface area (TPSA) is 80.9 Å². The first-order chi connectivity index (χ1) is 8.56. The predicted octanol–water partition coefficient (Wildman–Crippen LogP) is 2.34. The monoisotopic (exact) mass is 262 g/mol. The van der Waals surface area contributed by atoms with Crippen LogP contribution in [0.15, 0.2) is 30.6 Å². The van der Waals surface area contributed by atoms with Crippen molar-refractivity contribution in [2.45, 2.75) is 6.92 Å². The highest BCUT2D eigenvalue weighted by molar-refractivity contribution is 6.33. The summed E-state index contributed by atoms with van der Waals surface area (Å²) in [7, 11) is 0. The van der Waals surface area contributed by atoms with Crippen molar-refractivity contribution in [2.75, 3.05) is 11.1 Å². The van der Waals surface area contributed by atoms with E-state index < -0.39 is 0 Å². The molecule has 92 valence electrons. The van der Waals surface area contributed by atoms with Gasteiger partial charge in [0.1, 0.15) is 5.82 Å². The molecule has 3 N–H and O–H groups in total. The van der Waals surface area contributed by atoms with Crippen molar-refractivity contribution >= 4 is 29.0 Å². The van der Waals surface area contributed by atoms with Gasteiger partial charge >= 0.3 is 0 Å². The molecule has 6 heteroatoms. The van der Waals surface area contributed by atoms with E-state index in [1.54, 1.807) is 24.4 Å². The number of halogens is 1. The highest BCUT2D eigenvalue weighted by Gasteiger charge is 2.06. The van der Waals surface area contributed by atoms with Crippen LogP contribution in [-0.2, 0) is 4.79 Å². The second kappa shape index (κ2) is 5.01. The first-order valence-electron chi connectivity index (χ1n) is 5.21. The maximum atomic E-state index is 10.9. The lowest BCUT2D eigenvalue weighted by Gasteiger charge is -2.07. The minimum atomic E-state index is -0.195. The molecule has 5 nitrogen and oxygen atoms in total. The SMILES string of the molecule is CC(=O)Nc1cnc(-c2ccnc(N)c2)cc1Cl. The van der Waals surface area contributed by atoms with Crippen molar-refractivity contribution in [2.24, 2.45) is 0 Å². The van der Waals surface area contributed by atoms with Gasteiger partial charge in [0, 0.05) is 18.7 Å². The van der Waals surface area contributed by atoms with Crippen LogP contribution >= 0.6 is 11.6 Å². The first kappa shape index (κ1) is 12.3. The first-order valence-corrected chi connectivity index (χ1v) is 5.59. The average Bonchev–Trinajstić information content (AvgIpc) is 2.31. The second-order valence-corrected chi connectivity index (χ2v) is 4.11. The zero-order chi connectivity index (χ0) is 13.1. The number of anilines is 2. The summed E-state index contributed by atoms with van der Waals surface area (Å²) >= 11 is 6.06. The van der Waals surface area contributed by atoms with Crippen LogP contribution in [0.5, 0.6) is 0 Å². The zero-order valence-electron chi connectivity index (χ0n) is 9.64. The van der Waals surface area contributed by atoms with Gasteiger partial charge in [-0.25, -0.2) is 4.98 Å². The Morgan fingerprint density at radius 1 is 1.39 bits per heavy atom. The molecule has 2 aromatic rings. The molecule has 0 aromatic carbocycles. The molecule has 0 bridgehead atoms. The van der Waals surface area contributed by atoms with Gasteiger partial charge in [0.15, 0.2) is 0 Å². The van der Waals surface area contributed by atoms with Crippen molar-refractivity contribution in [3.63, 3.8) is 0 Å². The minimum absolute atomic E-state index is 0.195. The third-order valence-electron chi connectivity index (χ3n) is 2.24. The van der Waals surface area contributed by atoms with Crippen molar-refractivity contribution in [3.05, 3.63) is 35.6 Å². The van der Waals surface area contributed by atoms with Gasteiger partial charge in [-0.15, -0.1) is 0 Å². The van der Waals surface area contributed by atoms with E-state index in [0.717, 1.165) is 5.56 Å². The second-order valence-electron chi connectivity index (χ2n) is 3.70. The van der Waals surface area contributed by atoms with Crippen LogP contribution in [0.2, 0.25) is 5.02 Å². The fourth-order valence-corrected chi connectivity index (χ4v) is 1.68. The van der Waals surface area contributed by atoms with Gasteiger partial charge in [0.05, 0.1) is 22.6 Å². The molecule has 0 saturated carbocycles. The number of hydrogen-bond acceptors (Lipinski definition) is 4. The van der Waals surface area contributed by atoms with E-state index >= 15 is 0 Å². The predicted molar refractivity (Wildman–Crippen MR) is 71.2 cm³/mol. The number of carbonyl (C=O) groups is 1. The fraction of sp³-hybridized carbons (Fsp3) is 0.0833. The molecular formula is C12H11ClN4O. The molecule has 0 aliphatic carbocycles. The molecule has 18 heavy (non-hydrogen) atoms. The smallest absolute Gasteiger partial charge is 0.221 e. The van der Waals surface area contributed by atoms with Gasteiger partial charge in [-0.1, -0.05) is 11.6 Å². The van der Waals surface area contributed by atoms with Crippen LogP contribution in [0.25, 0.3) is 11.3 Å². The van der Waals surface area contributed by atoms with Crippen LogP contribution in [-0.4, -0.2) is 15.9 Å². The molecule has 2 heterocycles. The largest absolute Gasteiger partial charge is 0.384 e. The molecule has 0 atom stereocenters. The molecule has 0 aliphatic heterocycles. The Bertz CT molecular complexity index is 600. The minimum Gasteiger partial charge on any atom is -0.384 e. The number of hydrogen-bond donors (Lipinski definition) is 2. The Morgan fingerprint density at radius 3 is 2.78 bits per heavy atom. The molecule has 2 rings (SSSR count). The normalized spacial score (nSPS) is 10.1. The van der Waals surface area contributed by atoms with E-state index in [2.05, 4.69) is 15.3 Å². The van der Waals surface area contributed by atoms with Crippen molar-refractivity contribution < 1.29 is 4.79 Å². The van der Waals surface area contributed by atoms with Crippen LogP contribution in [0.4, 0.5) is 11.5 Å². The summed E-state index contributed by atoms with van der Waals surface area (Å²) in [4.78, 5) is 19.1. The van der Waals surface area contributed by atoms with Gasteiger partial charge in [0.2, 0.25) is 5.91 Å². The summed E-state index contributed by atoms with van der Waals surface area (Å²) in [5, 5.41) is 3.01. The number of rotatable bonds is 2. The van der Waals surface area contributed by atoms with Crippen molar-refractivity contribution in [1.82, 2.24) is 9.97 Å². The molecule has 0 saturated heterocycles. The lowest BCUT2D eigenvalue weighted by atomic mass is 10.1. The zero-order valence-corrected chi connectivity index (χ0v) is 10.4. The number of nitrogen functional groups attached to an aromatic ring is 1. The molecule has 0 spiro atoms. The quantitative estimate of drug-likeness (QED) is 0.870. The third kappa shape index (κ3) is 2.75. The van der Waals surface area contributed by atoms with Crippen LogP contribution in [0.1, 0.15) is 6.92 Å². The van der Waals surface area contributed by atoms with E-state index in [-0.39, 0.29) is 5.91 Å². The Hall–Kier alpha value is -2.14. The van der Waals surface area contributed by atoms with E-state index in [0.29, 0.717) is 22.2 Å². The van der Waals surface area contributed by atoms with Crippen molar-refractivity contribution in [3.8, 4) is 11.3 Å². The molecule has 0 unspecified atom stereocenters. The molecule has 1 amide bonds. The summed E-state index contributed by atoms with van der Waals surface area (Å²) < 4.78 is 0. The Balaban J connectivity index is 2.37. The summed E-state index contributed by atoms with van der Waals surface area (Å²) in [5.74, 6) is 0.218. The number of nitrogens with two attached hydrogens (primary N) is 1. The fourth-order valence-electron chi connectivity index (χ4n) is 1.48. The van der Waals surface area contributed by atoms with Gasteiger partial charge in [-0.2, -0.15) is 0 Å². The molecule has 0 radical (unpaired) electrons. The third-order valence-corrected chi connectivity index (χ3v) is 2.55. The van der Waals surface area contributed by atoms with E-state index in [9.17, 15) is 4.79 Å². The highest BCUT2D eigenvalue weighted by atomic mass is 35.5. The highest BCUT2D eigenvalue weighted by Crippen LogP contribution is 2.26. The van der Waals surface area contributed by atoms with E-state index in [1.807, 2.05) is 0 Å². The Labute approximate surface area is 109 Å². The molecule has 0 aliphatic rings. The molecule has 2 aromatic heterocycles. The average molecular weight is 263 g/mol. The number of amides is 1.